The Morgan fingerprint density at radius 3 is 2.27 bits per heavy atom. The van der Waals surface area contributed by atoms with E-state index < -0.39 is 11.9 Å². The SMILES string of the molecule is COc1ccccc1C(=O)Nc1ccc(OC[C@H](O)COc2ccccc2F)cc1. The minimum atomic E-state index is -0.936. The molecule has 3 aromatic rings. The average molecular weight is 411 g/mol. The van der Waals surface area contributed by atoms with Crippen LogP contribution in [-0.2, 0) is 0 Å². The van der Waals surface area contributed by atoms with Crippen molar-refractivity contribution >= 4 is 11.6 Å². The largest absolute Gasteiger partial charge is 0.496 e. The molecule has 0 aromatic heterocycles. The number of anilines is 1. The molecule has 1 atom stereocenters. The number of ether oxygens (including phenoxy) is 3. The third-order valence-corrected chi connectivity index (χ3v) is 4.17. The minimum absolute atomic E-state index is 0.0264. The summed E-state index contributed by atoms with van der Waals surface area (Å²) in [5.41, 5.74) is 1.01. The summed E-state index contributed by atoms with van der Waals surface area (Å²) in [6.45, 7) is -0.130. The molecule has 0 saturated heterocycles. The number of aliphatic hydroxyl groups excluding tert-OH is 1. The monoisotopic (exact) mass is 411 g/mol. The molecule has 0 unspecified atom stereocenters. The van der Waals surface area contributed by atoms with E-state index in [-0.39, 0.29) is 24.9 Å². The molecule has 0 aliphatic rings. The van der Waals surface area contributed by atoms with Gasteiger partial charge in [0.15, 0.2) is 11.6 Å². The van der Waals surface area contributed by atoms with Gasteiger partial charge in [0.2, 0.25) is 0 Å². The Hall–Kier alpha value is -3.58. The summed E-state index contributed by atoms with van der Waals surface area (Å²) >= 11 is 0. The Bertz CT molecular complexity index is 977. The van der Waals surface area contributed by atoms with Gasteiger partial charge >= 0.3 is 0 Å². The number of halogens is 1. The first-order chi connectivity index (χ1) is 14.6. The average Bonchev–Trinajstić information content (AvgIpc) is 2.78. The molecule has 30 heavy (non-hydrogen) atoms. The maximum Gasteiger partial charge on any atom is 0.259 e. The van der Waals surface area contributed by atoms with Gasteiger partial charge in [-0.1, -0.05) is 24.3 Å². The molecule has 0 aliphatic carbocycles. The van der Waals surface area contributed by atoms with Gasteiger partial charge in [0, 0.05) is 5.69 Å². The predicted molar refractivity (Wildman–Crippen MR) is 111 cm³/mol. The highest BCUT2D eigenvalue weighted by atomic mass is 19.1. The molecule has 0 saturated carbocycles. The molecule has 3 rings (SSSR count). The van der Waals surface area contributed by atoms with Crippen LogP contribution in [0.2, 0.25) is 0 Å². The van der Waals surface area contributed by atoms with E-state index in [1.807, 2.05) is 0 Å². The highest BCUT2D eigenvalue weighted by Crippen LogP contribution is 2.21. The number of para-hydroxylation sites is 2. The molecule has 0 fully saturated rings. The Labute approximate surface area is 173 Å². The van der Waals surface area contributed by atoms with E-state index in [0.29, 0.717) is 22.7 Å². The van der Waals surface area contributed by atoms with Crippen LogP contribution in [-0.4, -0.2) is 37.4 Å². The van der Waals surface area contributed by atoms with Crippen molar-refractivity contribution in [2.75, 3.05) is 25.6 Å². The Kier molecular flexibility index (Phi) is 7.24. The van der Waals surface area contributed by atoms with Gasteiger partial charge in [-0.05, 0) is 48.5 Å². The van der Waals surface area contributed by atoms with Crippen LogP contribution < -0.4 is 19.5 Å². The van der Waals surface area contributed by atoms with E-state index in [1.54, 1.807) is 60.7 Å². The number of carbonyl (C=O) groups excluding carboxylic acids is 1. The van der Waals surface area contributed by atoms with E-state index >= 15 is 0 Å². The van der Waals surface area contributed by atoms with Crippen LogP contribution in [0.25, 0.3) is 0 Å². The second-order valence-electron chi connectivity index (χ2n) is 6.39. The number of methoxy groups -OCH3 is 1. The van der Waals surface area contributed by atoms with Crippen LogP contribution in [0.1, 0.15) is 10.4 Å². The van der Waals surface area contributed by atoms with Crippen molar-refractivity contribution in [2.24, 2.45) is 0 Å². The van der Waals surface area contributed by atoms with Crippen molar-refractivity contribution in [1.82, 2.24) is 0 Å². The number of rotatable bonds is 9. The molecule has 6 nitrogen and oxygen atoms in total. The summed E-state index contributed by atoms with van der Waals surface area (Å²) in [4.78, 5) is 12.4. The third kappa shape index (κ3) is 5.71. The second-order valence-corrected chi connectivity index (χ2v) is 6.39. The van der Waals surface area contributed by atoms with Crippen molar-refractivity contribution in [1.29, 1.82) is 0 Å². The predicted octanol–water partition coefficient (Wildman–Crippen LogP) is 3.91. The quantitative estimate of drug-likeness (QED) is 0.558. The van der Waals surface area contributed by atoms with Gasteiger partial charge in [0.25, 0.3) is 5.91 Å². The lowest BCUT2D eigenvalue weighted by atomic mass is 10.2. The lowest BCUT2D eigenvalue weighted by Crippen LogP contribution is -2.25. The molecule has 156 valence electrons. The molecule has 0 heterocycles. The number of benzene rings is 3. The highest BCUT2D eigenvalue weighted by molar-refractivity contribution is 6.06. The topological polar surface area (TPSA) is 77.0 Å². The summed E-state index contributed by atoms with van der Waals surface area (Å²) in [5.74, 6) is 0.293. The van der Waals surface area contributed by atoms with Gasteiger partial charge in [0.05, 0.1) is 12.7 Å². The third-order valence-electron chi connectivity index (χ3n) is 4.17. The smallest absolute Gasteiger partial charge is 0.259 e. The molecule has 0 aliphatic heterocycles. The van der Waals surface area contributed by atoms with E-state index in [0.717, 1.165) is 0 Å². The normalized spacial score (nSPS) is 11.4. The molecule has 1 amide bonds. The first kappa shape index (κ1) is 21.1. The summed E-state index contributed by atoms with van der Waals surface area (Å²) in [6.07, 6.45) is -0.936. The van der Waals surface area contributed by atoms with Gasteiger partial charge in [-0.25, -0.2) is 4.39 Å². The summed E-state index contributed by atoms with van der Waals surface area (Å²) in [5, 5.41) is 12.8. The number of amides is 1. The van der Waals surface area contributed by atoms with Crippen LogP contribution in [0.15, 0.2) is 72.8 Å². The maximum atomic E-state index is 13.5. The lowest BCUT2D eigenvalue weighted by Gasteiger charge is -2.14. The minimum Gasteiger partial charge on any atom is -0.496 e. The van der Waals surface area contributed by atoms with E-state index in [4.69, 9.17) is 14.2 Å². The second kappa shape index (κ2) is 10.3. The van der Waals surface area contributed by atoms with Crippen LogP contribution in [0.4, 0.5) is 10.1 Å². The fraction of sp³-hybridized carbons (Fsp3) is 0.174. The fourth-order valence-corrected chi connectivity index (χ4v) is 2.65. The van der Waals surface area contributed by atoms with Crippen molar-refractivity contribution in [3.8, 4) is 17.2 Å². The van der Waals surface area contributed by atoms with E-state index in [2.05, 4.69) is 5.32 Å². The van der Waals surface area contributed by atoms with Gasteiger partial charge < -0.3 is 24.6 Å². The Morgan fingerprint density at radius 1 is 0.933 bits per heavy atom. The van der Waals surface area contributed by atoms with E-state index in [9.17, 15) is 14.3 Å². The first-order valence-electron chi connectivity index (χ1n) is 9.29. The number of carbonyl (C=O) groups is 1. The van der Waals surface area contributed by atoms with Crippen molar-refractivity contribution < 1.29 is 28.5 Å². The maximum absolute atomic E-state index is 13.5. The zero-order chi connectivity index (χ0) is 21.3. The molecular formula is C23H22FNO5. The molecule has 0 bridgehead atoms. The molecule has 3 aromatic carbocycles. The Morgan fingerprint density at radius 2 is 1.57 bits per heavy atom. The molecular weight excluding hydrogens is 389 g/mol. The molecule has 0 radical (unpaired) electrons. The number of nitrogens with one attached hydrogen (secondary N) is 1. The van der Waals surface area contributed by atoms with Gasteiger partial charge in [-0.3, -0.25) is 4.79 Å². The van der Waals surface area contributed by atoms with Crippen LogP contribution >= 0.6 is 0 Å². The lowest BCUT2D eigenvalue weighted by molar-refractivity contribution is 0.0613. The summed E-state index contributed by atoms with van der Waals surface area (Å²) in [6, 6.07) is 19.6. The number of hydrogen-bond acceptors (Lipinski definition) is 5. The van der Waals surface area contributed by atoms with Crippen molar-refractivity contribution in [2.45, 2.75) is 6.10 Å². The molecule has 7 heteroatoms. The number of aliphatic hydroxyl groups is 1. The number of hydrogen-bond donors (Lipinski definition) is 2. The van der Waals surface area contributed by atoms with Gasteiger partial charge in [-0.15, -0.1) is 0 Å². The van der Waals surface area contributed by atoms with Gasteiger partial charge in [0.1, 0.15) is 30.8 Å². The van der Waals surface area contributed by atoms with Crippen LogP contribution in [0.5, 0.6) is 17.2 Å². The van der Waals surface area contributed by atoms with Crippen molar-refractivity contribution in [3.63, 3.8) is 0 Å². The van der Waals surface area contributed by atoms with Crippen LogP contribution in [0, 0.1) is 5.82 Å². The highest BCUT2D eigenvalue weighted by Gasteiger charge is 2.12. The Balaban J connectivity index is 1.48. The first-order valence-corrected chi connectivity index (χ1v) is 9.29. The fourth-order valence-electron chi connectivity index (χ4n) is 2.65. The summed E-state index contributed by atoms with van der Waals surface area (Å²) in [7, 11) is 1.51. The molecule has 0 spiro atoms. The van der Waals surface area contributed by atoms with E-state index in [1.165, 1.54) is 19.2 Å². The zero-order valence-corrected chi connectivity index (χ0v) is 16.4. The van der Waals surface area contributed by atoms with Gasteiger partial charge in [-0.2, -0.15) is 0 Å². The molecule has 2 N–H and O–H groups in total. The summed E-state index contributed by atoms with van der Waals surface area (Å²) < 4.78 is 29.5. The zero-order valence-electron chi connectivity index (χ0n) is 16.4. The van der Waals surface area contributed by atoms with Crippen LogP contribution in [0.3, 0.4) is 0 Å². The standard InChI is InChI=1S/C23H22FNO5/c1-28-21-8-4-2-6-19(21)23(27)25-16-10-12-18(13-11-16)29-14-17(26)15-30-22-9-5-3-7-20(22)24/h2-13,17,26H,14-15H2,1H3,(H,25,27)/t17-/m0/s1. The van der Waals surface area contributed by atoms with Crippen molar-refractivity contribution in [3.05, 3.63) is 84.2 Å².